The average Bonchev–Trinajstić information content (AvgIpc) is 2.82. The fourth-order valence-electron chi connectivity index (χ4n) is 2.50. The quantitative estimate of drug-likeness (QED) is 0.499. The molecule has 120 valence electrons. The Balaban J connectivity index is 2.03. The molecule has 0 aromatic heterocycles. The first-order chi connectivity index (χ1) is 9.70. The van der Waals surface area contributed by atoms with Crippen molar-refractivity contribution < 1.29 is 24.8 Å². The molecule has 0 radical (unpaired) electrons. The predicted molar refractivity (Wildman–Crippen MR) is 76.6 cm³/mol. The van der Waals surface area contributed by atoms with Crippen LogP contribution in [0.4, 0.5) is 0 Å². The van der Waals surface area contributed by atoms with Crippen LogP contribution in [-0.2, 0) is 9.47 Å². The highest BCUT2D eigenvalue weighted by Gasteiger charge is 2.40. The molecule has 1 saturated heterocycles. The summed E-state index contributed by atoms with van der Waals surface area (Å²) in [6, 6.07) is 0. The van der Waals surface area contributed by atoms with E-state index in [1.54, 1.807) is 0 Å². The molecule has 20 heavy (non-hydrogen) atoms. The molecule has 0 spiro atoms. The number of aliphatic hydroxyl groups is 3. The molecular weight excluding hydrogens is 260 g/mol. The maximum absolute atomic E-state index is 9.93. The van der Waals surface area contributed by atoms with Crippen LogP contribution in [-0.4, -0.2) is 59.6 Å². The van der Waals surface area contributed by atoms with Crippen LogP contribution in [0.2, 0.25) is 0 Å². The van der Waals surface area contributed by atoms with Crippen LogP contribution in [0.5, 0.6) is 0 Å². The summed E-state index contributed by atoms with van der Waals surface area (Å²) in [5, 5.41) is 28.2. The summed E-state index contributed by atoms with van der Waals surface area (Å²) in [6.45, 7) is 2.69. The van der Waals surface area contributed by atoms with E-state index in [9.17, 15) is 10.2 Å². The molecule has 4 atom stereocenters. The van der Waals surface area contributed by atoms with E-state index in [0.717, 1.165) is 12.8 Å². The highest BCUT2D eigenvalue weighted by Crippen LogP contribution is 2.20. The second-order valence-electron chi connectivity index (χ2n) is 5.57. The third kappa shape index (κ3) is 6.06. The second-order valence-corrected chi connectivity index (χ2v) is 5.57. The Morgan fingerprint density at radius 2 is 1.80 bits per heavy atom. The lowest BCUT2D eigenvalue weighted by Crippen LogP contribution is -2.41. The monoisotopic (exact) mass is 290 g/mol. The molecule has 0 bridgehead atoms. The zero-order valence-electron chi connectivity index (χ0n) is 12.5. The zero-order valence-corrected chi connectivity index (χ0v) is 12.5. The third-order valence-corrected chi connectivity index (χ3v) is 3.82. The highest BCUT2D eigenvalue weighted by molar-refractivity contribution is 4.88. The lowest BCUT2D eigenvalue weighted by Gasteiger charge is -2.20. The lowest BCUT2D eigenvalue weighted by molar-refractivity contribution is -0.0730. The molecular formula is C15H30O5. The van der Waals surface area contributed by atoms with Gasteiger partial charge in [0.05, 0.1) is 13.2 Å². The Morgan fingerprint density at radius 1 is 1.15 bits per heavy atom. The van der Waals surface area contributed by atoms with Gasteiger partial charge in [0, 0.05) is 6.61 Å². The Hall–Kier alpha value is -0.200. The maximum atomic E-state index is 9.93. The lowest BCUT2D eigenvalue weighted by atomic mass is 10.1. The van der Waals surface area contributed by atoms with Gasteiger partial charge in [-0.2, -0.15) is 0 Å². The summed E-state index contributed by atoms with van der Waals surface area (Å²) < 4.78 is 10.9. The Morgan fingerprint density at radius 3 is 2.45 bits per heavy atom. The number of aliphatic hydroxyl groups excluding tert-OH is 3. The summed E-state index contributed by atoms with van der Waals surface area (Å²) >= 11 is 0. The van der Waals surface area contributed by atoms with E-state index in [1.807, 2.05) is 0 Å². The summed E-state index contributed by atoms with van der Waals surface area (Å²) in [4.78, 5) is 0. The van der Waals surface area contributed by atoms with Crippen LogP contribution in [0.3, 0.4) is 0 Å². The van der Waals surface area contributed by atoms with Crippen molar-refractivity contribution >= 4 is 0 Å². The normalized spacial score (nSPS) is 27.9. The SMILES string of the molecule is CCCCCCCCCO[C@@H]1CO[C@@H]([C@@H](O)CO)[C@H]1O. The third-order valence-electron chi connectivity index (χ3n) is 3.82. The van der Waals surface area contributed by atoms with Crippen LogP contribution < -0.4 is 0 Å². The fourth-order valence-corrected chi connectivity index (χ4v) is 2.50. The van der Waals surface area contributed by atoms with Gasteiger partial charge in [0.1, 0.15) is 24.4 Å². The summed E-state index contributed by atoms with van der Waals surface area (Å²) in [5.74, 6) is 0. The van der Waals surface area contributed by atoms with Crippen molar-refractivity contribution in [2.45, 2.75) is 76.3 Å². The predicted octanol–water partition coefficient (Wildman–Crippen LogP) is 1.24. The number of rotatable bonds is 11. The molecule has 1 fully saturated rings. The number of hydrogen-bond acceptors (Lipinski definition) is 5. The molecule has 0 saturated carbocycles. The molecule has 1 heterocycles. The van der Waals surface area contributed by atoms with Gasteiger partial charge in [-0.25, -0.2) is 0 Å². The van der Waals surface area contributed by atoms with Gasteiger partial charge in [-0.05, 0) is 6.42 Å². The number of unbranched alkanes of at least 4 members (excludes halogenated alkanes) is 6. The highest BCUT2D eigenvalue weighted by atomic mass is 16.6. The van der Waals surface area contributed by atoms with Gasteiger partial charge in [0.25, 0.3) is 0 Å². The number of ether oxygens (including phenoxy) is 2. The van der Waals surface area contributed by atoms with Crippen LogP contribution in [0.25, 0.3) is 0 Å². The molecule has 5 heteroatoms. The first-order valence-corrected chi connectivity index (χ1v) is 7.90. The molecule has 0 aromatic carbocycles. The van der Waals surface area contributed by atoms with E-state index in [-0.39, 0.29) is 12.7 Å². The van der Waals surface area contributed by atoms with Gasteiger partial charge in [0.15, 0.2) is 0 Å². The van der Waals surface area contributed by atoms with Crippen LogP contribution >= 0.6 is 0 Å². The average molecular weight is 290 g/mol. The first-order valence-electron chi connectivity index (χ1n) is 7.90. The van der Waals surface area contributed by atoms with Crippen molar-refractivity contribution in [3.8, 4) is 0 Å². The maximum Gasteiger partial charge on any atom is 0.114 e. The van der Waals surface area contributed by atoms with Crippen molar-refractivity contribution in [1.29, 1.82) is 0 Å². The Labute approximate surface area is 121 Å². The van der Waals surface area contributed by atoms with Gasteiger partial charge in [-0.15, -0.1) is 0 Å². The fraction of sp³-hybridized carbons (Fsp3) is 1.00. The number of hydrogen-bond donors (Lipinski definition) is 3. The summed E-state index contributed by atoms with van der Waals surface area (Å²) in [6.07, 6.45) is 5.53. The van der Waals surface area contributed by atoms with E-state index in [4.69, 9.17) is 14.6 Å². The molecule has 3 N–H and O–H groups in total. The summed E-state index contributed by atoms with van der Waals surface area (Å²) in [7, 11) is 0. The van der Waals surface area contributed by atoms with Gasteiger partial charge in [0.2, 0.25) is 0 Å². The van der Waals surface area contributed by atoms with Gasteiger partial charge in [-0.1, -0.05) is 45.4 Å². The van der Waals surface area contributed by atoms with E-state index in [2.05, 4.69) is 6.92 Å². The minimum Gasteiger partial charge on any atom is -0.394 e. The van der Waals surface area contributed by atoms with Gasteiger partial charge < -0.3 is 24.8 Å². The largest absolute Gasteiger partial charge is 0.394 e. The Kier molecular flexibility index (Phi) is 9.39. The van der Waals surface area contributed by atoms with E-state index < -0.39 is 24.9 Å². The molecule has 1 rings (SSSR count). The smallest absolute Gasteiger partial charge is 0.114 e. The van der Waals surface area contributed by atoms with Crippen LogP contribution in [0.1, 0.15) is 51.9 Å². The molecule has 0 amide bonds. The van der Waals surface area contributed by atoms with Crippen molar-refractivity contribution in [2.75, 3.05) is 19.8 Å². The van der Waals surface area contributed by atoms with Gasteiger partial charge in [-0.3, -0.25) is 0 Å². The minimum atomic E-state index is -1.04. The van der Waals surface area contributed by atoms with Crippen molar-refractivity contribution in [2.24, 2.45) is 0 Å². The molecule has 1 aliphatic heterocycles. The van der Waals surface area contributed by atoms with Crippen molar-refractivity contribution in [3.63, 3.8) is 0 Å². The van der Waals surface area contributed by atoms with E-state index >= 15 is 0 Å². The Bertz CT molecular complexity index is 236. The molecule has 5 nitrogen and oxygen atoms in total. The zero-order chi connectivity index (χ0) is 14.8. The topological polar surface area (TPSA) is 79.2 Å². The second kappa shape index (κ2) is 10.5. The summed E-state index contributed by atoms with van der Waals surface area (Å²) in [5.41, 5.74) is 0. The van der Waals surface area contributed by atoms with Gasteiger partial charge >= 0.3 is 0 Å². The standard InChI is InChI=1S/C15H30O5/c1-2-3-4-5-6-7-8-9-19-13-11-20-15(14(13)18)12(17)10-16/h12-18H,2-11H2,1H3/t12-,13+,14-,15-/m0/s1. The minimum absolute atomic E-state index is 0.277. The van der Waals surface area contributed by atoms with E-state index in [1.165, 1.54) is 32.1 Å². The molecule has 1 aliphatic rings. The van der Waals surface area contributed by atoms with Crippen molar-refractivity contribution in [3.05, 3.63) is 0 Å². The van der Waals surface area contributed by atoms with E-state index in [0.29, 0.717) is 6.61 Å². The molecule has 0 aliphatic carbocycles. The van der Waals surface area contributed by atoms with Crippen molar-refractivity contribution in [1.82, 2.24) is 0 Å². The van der Waals surface area contributed by atoms with Crippen LogP contribution in [0.15, 0.2) is 0 Å². The first kappa shape index (κ1) is 17.9. The van der Waals surface area contributed by atoms with Crippen LogP contribution in [0, 0.1) is 0 Å². The molecule has 0 aromatic rings. The molecule has 0 unspecified atom stereocenters.